The predicted octanol–water partition coefficient (Wildman–Crippen LogP) is 1.93. The topological polar surface area (TPSA) is 64.6 Å². The fourth-order valence-electron chi connectivity index (χ4n) is 2.70. The molecule has 24 heavy (non-hydrogen) atoms. The van der Waals surface area contributed by atoms with Gasteiger partial charge in [-0.25, -0.2) is 14.4 Å². The Morgan fingerprint density at radius 2 is 2.00 bits per heavy atom. The lowest BCUT2D eigenvalue weighted by Crippen LogP contribution is -2.42. The number of likely N-dealkylation sites (tertiary alicyclic amines) is 1. The molecule has 3 rings (SSSR count). The number of hydrogen-bond acceptors (Lipinski definition) is 5. The maximum Gasteiger partial charge on any atom is 0.257 e. The normalized spacial score (nSPS) is 20.2. The summed E-state index contributed by atoms with van der Waals surface area (Å²) in [5.74, 6) is 0.122. The van der Waals surface area contributed by atoms with E-state index in [4.69, 9.17) is 9.47 Å². The molecule has 0 radical (unpaired) electrons. The SMILES string of the molecule is COC1(COc2ccc(F)cc2)CCN(C(=O)c2cncnc2)C1. The van der Waals surface area contributed by atoms with Crippen LogP contribution in [0.15, 0.2) is 43.0 Å². The molecule has 7 heteroatoms. The molecule has 126 valence electrons. The molecule has 1 aromatic heterocycles. The molecule has 0 N–H and O–H groups in total. The molecule has 2 heterocycles. The van der Waals surface area contributed by atoms with Crippen molar-refractivity contribution >= 4 is 5.91 Å². The molecule has 1 fully saturated rings. The van der Waals surface area contributed by atoms with Crippen molar-refractivity contribution in [3.05, 3.63) is 54.4 Å². The van der Waals surface area contributed by atoms with E-state index in [1.54, 1.807) is 24.1 Å². The van der Waals surface area contributed by atoms with Crippen molar-refractivity contribution in [3.8, 4) is 5.75 Å². The van der Waals surface area contributed by atoms with Crippen LogP contribution in [0, 0.1) is 5.82 Å². The van der Waals surface area contributed by atoms with E-state index in [1.807, 2.05) is 0 Å². The van der Waals surface area contributed by atoms with E-state index in [2.05, 4.69) is 9.97 Å². The van der Waals surface area contributed by atoms with E-state index in [1.165, 1.54) is 30.9 Å². The molecule has 1 atom stereocenters. The monoisotopic (exact) mass is 331 g/mol. The summed E-state index contributed by atoms with van der Waals surface area (Å²) in [7, 11) is 1.60. The maximum atomic E-state index is 12.9. The van der Waals surface area contributed by atoms with Crippen LogP contribution >= 0.6 is 0 Å². The van der Waals surface area contributed by atoms with Crippen LogP contribution in [-0.4, -0.2) is 53.2 Å². The molecule has 1 amide bonds. The van der Waals surface area contributed by atoms with Crippen molar-refractivity contribution in [2.24, 2.45) is 0 Å². The Morgan fingerprint density at radius 3 is 2.67 bits per heavy atom. The van der Waals surface area contributed by atoms with Gasteiger partial charge in [0.1, 0.15) is 30.1 Å². The molecule has 2 aromatic rings. The van der Waals surface area contributed by atoms with Crippen molar-refractivity contribution in [1.29, 1.82) is 0 Å². The second-order valence-corrected chi connectivity index (χ2v) is 5.73. The van der Waals surface area contributed by atoms with E-state index in [-0.39, 0.29) is 18.3 Å². The third-order valence-electron chi connectivity index (χ3n) is 4.16. The lowest BCUT2D eigenvalue weighted by Gasteiger charge is -2.27. The molecular formula is C17H18FN3O3. The third kappa shape index (κ3) is 3.51. The van der Waals surface area contributed by atoms with Gasteiger partial charge in [-0.05, 0) is 30.7 Å². The fraction of sp³-hybridized carbons (Fsp3) is 0.353. The number of hydrogen-bond donors (Lipinski definition) is 0. The van der Waals surface area contributed by atoms with Crippen LogP contribution in [0.1, 0.15) is 16.8 Å². The number of methoxy groups -OCH3 is 1. The predicted molar refractivity (Wildman–Crippen MR) is 84.2 cm³/mol. The van der Waals surface area contributed by atoms with Gasteiger partial charge in [0, 0.05) is 26.0 Å². The van der Waals surface area contributed by atoms with Gasteiger partial charge in [0.05, 0.1) is 12.1 Å². The van der Waals surface area contributed by atoms with E-state index < -0.39 is 5.60 Å². The molecule has 1 saturated heterocycles. The Labute approximate surface area is 139 Å². The number of carbonyl (C=O) groups is 1. The van der Waals surface area contributed by atoms with E-state index in [0.717, 1.165) is 0 Å². The Kier molecular flexibility index (Phi) is 4.71. The minimum absolute atomic E-state index is 0.128. The minimum atomic E-state index is -0.584. The second-order valence-electron chi connectivity index (χ2n) is 5.73. The highest BCUT2D eigenvalue weighted by Crippen LogP contribution is 2.27. The van der Waals surface area contributed by atoms with Crippen molar-refractivity contribution in [2.45, 2.75) is 12.0 Å². The van der Waals surface area contributed by atoms with Crippen LogP contribution in [0.5, 0.6) is 5.75 Å². The van der Waals surface area contributed by atoms with Crippen molar-refractivity contribution in [2.75, 3.05) is 26.8 Å². The largest absolute Gasteiger partial charge is 0.491 e. The highest BCUT2D eigenvalue weighted by Gasteiger charge is 2.41. The zero-order valence-electron chi connectivity index (χ0n) is 13.3. The fourth-order valence-corrected chi connectivity index (χ4v) is 2.70. The van der Waals surface area contributed by atoms with Crippen LogP contribution in [0.3, 0.4) is 0 Å². The Hall–Kier alpha value is -2.54. The molecule has 0 bridgehead atoms. The van der Waals surface area contributed by atoms with Gasteiger partial charge in [-0.15, -0.1) is 0 Å². The molecule has 0 spiro atoms. The van der Waals surface area contributed by atoms with E-state index in [0.29, 0.717) is 30.8 Å². The summed E-state index contributed by atoms with van der Waals surface area (Å²) in [5, 5.41) is 0. The highest BCUT2D eigenvalue weighted by molar-refractivity contribution is 5.93. The molecule has 1 unspecified atom stereocenters. The van der Waals surface area contributed by atoms with Gasteiger partial charge >= 0.3 is 0 Å². The van der Waals surface area contributed by atoms with Crippen LogP contribution in [0.4, 0.5) is 4.39 Å². The average molecular weight is 331 g/mol. The van der Waals surface area contributed by atoms with Gasteiger partial charge in [-0.1, -0.05) is 0 Å². The first-order valence-corrected chi connectivity index (χ1v) is 7.60. The summed E-state index contributed by atoms with van der Waals surface area (Å²) in [5.41, 5.74) is -0.136. The van der Waals surface area contributed by atoms with Gasteiger partial charge in [0.15, 0.2) is 0 Å². The zero-order chi connectivity index (χ0) is 17.0. The number of halogens is 1. The molecule has 1 aromatic carbocycles. The molecule has 0 saturated carbocycles. The van der Waals surface area contributed by atoms with Crippen LogP contribution in [0.25, 0.3) is 0 Å². The number of aromatic nitrogens is 2. The number of amides is 1. The summed E-state index contributed by atoms with van der Waals surface area (Å²) < 4.78 is 24.3. The van der Waals surface area contributed by atoms with Crippen LogP contribution in [-0.2, 0) is 4.74 Å². The first kappa shape index (κ1) is 16.3. The summed E-state index contributed by atoms with van der Waals surface area (Å²) in [6, 6.07) is 5.82. The summed E-state index contributed by atoms with van der Waals surface area (Å²) in [6.45, 7) is 1.26. The number of nitrogens with zero attached hydrogens (tertiary/aromatic N) is 3. The number of ether oxygens (including phenoxy) is 2. The van der Waals surface area contributed by atoms with Gasteiger partial charge in [0.25, 0.3) is 5.91 Å². The quantitative estimate of drug-likeness (QED) is 0.838. The summed E-state index contributed by atoms with van der Waals surface area (Å²) in [4.78, 5) is 21.9. The molecule has 1 aliphatic heterocycles. The molecule has 0 aliphatic carbocycles. The first-order valence-electron chi connectivity index (χ1n) is 7.60. The molecule has 6 nitrogen and oxygen atoms in total. The minimum Gasteiger partial charge on any atom is -0.491 e. The van der Waals surface area contributed by atoms with Crippen LogP contribution in [0.2, 0.25) is 0 Å². The highest BCUT2D eigenvalue weighted by atomic mass is 19.1. The smallest absolute Gasteiger partial charge is 0.257 e. The lowest BCUT2D eigenvalue weighted by molar-refractivity contribution is -0.0342. The average Bonchev–Trinajstić information content (AvgIpc) is 3.06. The molecular weight excluding hydrogens is 313 g/mol. The Balaban J connectivity index is 1.64. The molecule has 1 aliphatic rings. The zero-order valence-corrected chi connectivity index (χ0v) is 13.3. The maximum absolute atomic E-state index is 12.9. The van der Waals surface area contributed by atoms with Gasteiger partial charge in [-0.2, -0.15) is 0 Å². The number of carbonyl (C=O) groups excluding carboxylic acids is 1. The van der Waals surface area contributed by atoms with Gasteiger partial charge < -0.3 is 14.4 Å². The van der Waals surface area contributed by atoms with E-state index >= 15 is 0 Å². The van der Waals surface area contributed by atoms with Crippen LogP contribution < -0.4 is 4.74 Å². The third-order valence-corrected chi connectivity index (χ3v) is 4.16. The standard InChI is InChI=1S/C17H18FN3O3/c1-23-17(11-24-15-4-2-14(18)3-5-15)6-7-21(10-17)16(22)13-8-19-12-20-9-13/h2-5,8-9,12H,6-7,10-11H2,1H3. The number of benzene rings is 1. The number of rotatable bonds is 5. The van der Waals surface area contributed by atoms with Gasteiger partial charge in [0.2, 0.25) is 0 Å². The van der Waals surface area contributed by atoms with Gasteiger partial charge in [-0.3, -0.25) is 4.79 Å². The Bertz CT molecular complexity index is 696. The van der Waals surface area contributed by atoms with Crippen molar-refractivity contribution in [3.63, 3.8) is 0 Å². The Morgan fingerprint density at radius 1 is 1.29 bits per heavy atom. The first-order chi connectivity index (χ1) is 11.6. The van der Waals surface area contributed by atoms with E-state index in [9.17, 15) is 9.18 Å². The summed E-state index contributed by atoms with van der Waals surface area (Å²) in [6.07, 6.45) is 5.04. The van der Waals surface area contributed by atoms with Crippen molar-refractivity contribution in [1.82, 2.24) is 14.9 Å². The van der Waals surface area contributed by atoms with Crippen molar-refractivity contribution < 1.29 is 18.7 Å². The lowest BCUT2D eigenvalue weighted by atomic mass is 10.0. The summed E-state index contributed by atoms with van der Waals surface area (Å²) >= 11 is 0. The second kappa shape index (κ2) is 6.92.